The van der Waals surface area contributed by atoms with Crippen molar-refractivity contribution in [3.05, 3.63) is 34.9 Å². The van der Waals surface area contributed by atoms with E-state index in [4.69, 9.17) is 7.85 Å². The Morgan fingerprint density at radius 1 is 1.42 bits per heavy atom. The number of hydrogen-bond acceptors (Lipinski definition) is 0. The van der Waals surface area contributed by atoms with E-state index in [-0.39, 0.29) is 5.82 Å². The molecule has 1 aromatic rings. The van der Waals surface area contributed by atoms with Gasteiger partial charge in [0.25, 0.3) is 0 Å². The molecule has 0 aromatic heterocycles. The van der Waals surface area contributed by atoms with E-state index in [1.807, 2.05) is 0 Å². The van der Waals surface area contributed by atoms with E-state index >= 15 is 0 Å². The van der Waals surface area contributed by atoms with E-state index in [9.17, 15) is 0 Å². The van der Waals surface area contributed by atoms with Gasteiger partial charge >= 0.3 is 0 Å². The molecule has 0 aliphatic heterocycles. The van der Waals surface area contributed by atoms with Gasteiger partial charge in [-0.2, -0.15) is 0 Å². The fraction of sp³-hybridized carbons (Fsp3) is 0.455. The summed E-state index contributed by atoms with van der Waals surface area (Å²) in [6.45, 7) is 2.14. The molecule has 0 fully saturated rings. The second-order valence-corrected chi connectivity index (χ2v) is 3.70. The Hall–Kier alpha value is -0.715. The van der Waals surface area contributed by atoms with Crippen molar-refractivity contribution in [1.82, 2.24) is 0 Å². The zero-order valence-electron chi connectivity index (χ0n) is 7.51. The second-order valence-electron chi connectivity index (χ2n) is 3.70. The minimum Gasteiger partial charge on any atom is -0.0590 e. The number of benzene rings is 1. The Bertz CT molecular complexity index is 291. The van der Waals surface area contributed by atoms with Crippen molar-refractivity contribution in [3.63, 3.8) is 0 Å². The first-order valence-corrected chi connectivity index (χ1v) is 4.62. The quantitative estimate of drug-likeness (QED) is 0.506. The third-order valence-corrected chi connectivity index (χ3v) is 2.66. The average molecular weight is 156 g/mol. The summed E-state index contributed by atoms with van der Waals surface area (Å²) in [4.78, 5) is 0. The van der Waals surface area contributed by atoms with Gasteiger partial charge in [-0.15, -0.1) is 0 Å². The lowest BCUT2D eigenvalue weighted by molar-refractivity contribution is 0.666. The lowest BCUT2D eigenvalue weighted by Crippen LogP contribution is -2.09. The Morgan fingerprint density at radius 3 is 3.08 bits per heavy atom. The van der Waals surface area contributed by atoms with Gasteiger partial charge in [0.2, 0.25) is 0 Å². The van der Waals surface area contributed by atoms with Crippen molar-refractivity contribution < 1.29 is 0 Å². The molecule has 12 heavy (non-hydrogen) atoms. The Labute approximate surface area is 75.4 Å². The predicted molar refractivity (Wildman–Crippen MR) is 52.6 cm³/mol. The highest BCUT2D eigenvalue weighted by Crippen LogP contribution is 2.29. The van der Waals surface area contributed by atoms with Crippen LogP contribution in [0.3, 0.4) is 0 Å². The van der Waals surface area contributed by atoms with Gasteiger partial charge in [0.15, 0.2) is 0 Å². The fourth-order valence-electron chi connectivity index (χ4n) is 1.98. The Balaban J connectivity index is 2.46. The first-order valence-electron chi connectivity index (χ1n) is 4.62. The molecule has 2 radical (unpaired) electrons. The summed E-state index contributed by atoms with van der Waals surface area (Å²) in [7, 11) is 6.00. The topological polar surface area (TPSA) is 0 Å². The average Bonchev–Trinajstić information content (AvgIpc) is 2.04. The summed E-state index contributed by atoms with van der Waals surface area (Å²) in [5.74, 6) is 0.286. The molecule has 1 aliphatic carbocycles. The van der Waals surface area contributed by atoms with Crippen LogP contribution in [-0.2, 0) is 6.42 Å². The first kappa shape index (κ1) is 7.91. The second kappa shape index (κ2) is 2.97. The molecule has 1 aliphatic rings. The third-order valence-electron chi connectivity index (χ3n) is 2.66. The van der Waals surface area contributed by atoms with E-state index in [1.54, 1.807) is 0 Å². The van der Waals surface area contributed by atoms with Crippen LogP contribution in [0.5, 0.6) is 0 Å². The Morgan fingerprint density at radius 2 is 2.25 bits per heavy atom. The van der Waals surface area contributed by atoms with Crippen LogP contribution in [-0.4, -0.2) is 7.85 Å². The molecule has 0 bridgehead atoms. The highest BCUT2D eigenvalue weighted by Gasteiger charge is 2.14. The molecule has 0 heterocycles. The molecular formula is C11H13B. The van der Waals surface area contributed by atoms with Gasteiger partial charge in [-0.05, 0) is 25.3 Å². The summed E-state index contributed by atoms with van der Waals surface area (Å²) in [5, 5.41) is 0. The van der Waals surface area contributed by atoms with Gasteiger partial charge < -0.3 is 0 Å². The van der Waals surface area contributed by atoms with Crippen LogP contribution in [0.25, 0.3) is 0 Å². The predicted octanol–water partition coefficient (Wildman–Crippen LogP) is 2.54. The lowest BCUT2D eigenvalue weighted by atomic mass is 9.71. The molecule has 0 amide bonds. The monoisotopic (exact) mass is 156 g/mol. The van der Waals surface area contributed by atoms with Gasteiger partial charge in [0.05, 0.1) is 7.85 Å². The summed E-state index contributed by atoms with van der Waals surface area (Å²) < 4.78 is 0. The van der Waals surface area contributed by atoms with Crippen LogP contribution < -0.4 is 0 Å². The van der Waals surface area contributed by atoms with Gasteiger partial charge in [-0.3, -0.25) is 0 Å². The zero-order valence-corrected chi connectivity index (χ0v) is 7.51. The van der Waals surface area contributed by atoms with Gasteiger partial charge in [0, 0.05) is 0 Å². The maximum atomic E-state index is 6.00. The third kappa shape index (κ3) is 1.28. The highest BCUT2D eigenvalue weighted by molar-refractivity contribution is 6.12. The summed E-state index contributed by atoms with van der Waals surface area (Å²) >= 11 is 0. The van der Waals surface area contributed by atoms with Crippen molar-refractivity contribution in [1.29, 1.82) is 0 Å². The van der Waals surface area contributed by atoms with Gasteiger partial charge in [-0.1, -0.05) is 41.6 Å². The van der Waals surface area contributed by atoms with Crippen LogP contribution in [0.4, 0.5) is 0 Å². The summed E-state index contributed by atoms with van der Waals surface area (Å²) in [5.41, 5.74) is 4.18. The van der Waals surface area contributed by atoms with Crippen molar-refractivity contribution in [2.24, 2.45) is 0 Å². The van der Waals surface area contributed by atoms with E-state index < -0.39 is 0 Å². The van der Waals surface area contributed by atoms with Crippen LogP contribution >= 0.6 is 0 Å². The van der Waals surface area contributed by atoms with Crippen LogP contribution in [0.15, 0.2) is 18.2 Å². The van der Waals surface area contributed by atoms with Crippen molar-refractivity contribution in [3.8, 4) is 0 Å². The largest absolute Gasteiger partial charge is 0.0763 e. The molecular weight excluding hydrogens is 143 g/mol. The van der Waals surface area contributed by atoms with Crippen molar-refractivity contribution in [2.75, 3.05) is 0 Å². The maximum absolute atomic E-state index is 6.00. The zero-order chi connectivity index (χ0) is 8.55. The summed E-state index contributed by atoms with van der Waals surface area (Å²) in [6, 6.07) is 6.62. The molecule has 0 nitrogen and oxygen atoms in total. The van der Waals surface area contributed by atoms with Crippen LogP contribution in [0.1, 0.15) is 35.3 Å². The molecule has 1 aromatic carbocycles. The first-order chi connectivity index (χ1) is 5.77. The molecule has 1 heteroatoms. The number of hydrogen-bond donors (Lipinski definition) is 0. The van der Waals surface area contributed by atoms with Crippen molar-refractivity contribution >= 4 is 7.85 Å². The van der Waals surface area contributed by atoms with Gasteiger partial charge in [-0.25, -0.2) is 0 Å². The van der Waals surface area contributed by atoms with E-state index in [0.29, 0.717) is 0 Å². The van der Waals surface area contributed by atoms with Crippen LogP contribution in [0, 0.1) is 6.92 Å². The SMILES string of the molecule is [B]C1CCCc2cc(C)ccc21. The number of aryl methyl sites for hydroxylation is 2. The van der Waals surface area contributed by atoms with E-state index in [1.165, 1.54) is 29.5 Å². The molecule has 2 rings (SSSR count). The standard InChI is InChI=1S/C11H13B/c1-8-5-6-10-9(7-8)3-2-4-11(10)12/h5-7,11H,2-4H2,1H3. The molecule has 0 N–H and O–H groups in total. The normalized spacial score (nSPS) is 21.9. The minimum atomic E-state index is 0.286. The highest BCUT2D eigenvalue weighted by atomic mass is 14.2. The molecule has 0 spiro atoms. The molecule has 1 unspecified atom stereocenters. The van der Waals surface area contributed by atoms with Crippen LogP contribution in [0.2, 0.25) is 0 Å². The number of rotatable bonds is 0. The maximum Gasteiger partial charge on any atom is 0.0763 e. The Kier molecular flexibility index (Phi) is 1.96. The molecule has 1 atom stereocenters. The molecule has 0 saturated carbocycles. The lowest BCUT2D eigenvalue weighted by Gasteiger charge is -2.22. The smallest absolute Gasteiger partial charge is 0.0590 e. The summed E-state index contributed by atoms with van der Waals surface area (Å²) in [6.07, 6.45) is 3.61. The number of fused-ring (bicyclic) bond motifs is 1. The van der Waals surface area contributed by atoms with E-state index in [2.05, 4.69) is 25.1 Å². The van der Waals surface area contributed by atoms with Crippen molar-refractivity contribution in [2.45, 2.75) is 32.0 Å². The van der Waals surface area contributed by atoms with Gasteiger partial charge in [0.1, 0.15) is 0 Å². The minimum absolute atomic E-state index is 0.286. The molecule has 0 saturated heterocycles. The van der Waals surface area contributed by atoms with E-state index in [0.717, 1.165) is 6.42 Å². The fourth-order valence-corrected chi connectivity index (χ4v) is 1.98. The molecule has 60 valence electrons.